The third-order valence-corrected chi connectivity index (χ3v) is 4.55. The molecule has 4 nitrogen and oxygen atoms in total. The molecule has 1 fully saturated rings. The number of nitrogens with one attached hydrogen (secondary N) is 1. The summed E-state index contributed by atoms with van der Waals surface area (Å²) in [5.41, 5.74) is -0.362. The number of halogens is 3. The van der Waals surface area contributed by atoms with Crippen LogP contribution in [0.3, 0.4) is 0 Å². The number of hydrogen-bond acceptors (Lipinski definition) is 2. The second-order valence-electron chi connectivity index (χ2n) is 5.35. The fraction of sp³-hybridized carbons (Fsp3) is 0.385. The van der Waals surface area contributed by atoms with E-state index >= 15 is 0 Å². The van der Waals surface area contributed by atoms with Crippen molar-refractivity contribution in [2.24, 2.45) is 17.3 Å². The largest absolute Gasteiger partial charge is 0.481 e. The molecule has 1 aliphatic rings. The van der Waals surface area contributed by atoms with Crippen molar-refractivity contribution in [1.29, 1.82) is 0 Å². The van der Waals surface area contributed by atoms with E-state index in [2.05, 4.69) is 21.2 Å². The molecule has 20 heavy (non-hydrogen) atoms. The van der Waals surface area contributed by atoms with Crippen molar-refractivity contribution < 1.29 is 19.1 Å². The summed E-state index contributed by atoms with van der Waals surface area (Å²) >= 11 is 8.99. The molecule has 2 unspecified atom stereocenters. The van der Waals surface area contributed by atoms with Gasteiger partial charge in [-0.3, -0.25) is 9.59 Å². The van der Waals surface area contributed by atoms with Crippen molar-refractivity contribution in [2.45, 2.75) is 13.8 Å². The van der Waals surface area contributed by atoms with Crippen LogP contribution in [0, 0.1) is 23.1 Å². The Balaban J connectivity index is 2.20. The first-order chi connectivity index (χ1) is 9.16. The molecule has 1 saturated carbocycles. The minimum absolute atomic E-state index is 0.0514. The molecule has 0 bridgehead atoms. The molecule has 0 radical (unpaired) electrons. The molecule has 1 aliphatic carbocycles. The molecule has 0 heterocycles. The number of benzene rings is 1. The van der Waals surface area contributed by atoms with E-state index in [0.29, 0.717) is 4.47 Å². The lowest BCUT2D eigenvalue weighted by atomic mass is 10.1. The summed E-state index contributed by atoms with van der Waals surface area (Å²) in [4.78, 5) is 23.2. The normalized spacial score (nSPS) is 23.2. The lowest BCUT2D eigenvalue weighted by Crippen LogP contribution is -2.18. The Morgan fingerprint density at radius 2 is 2.00 bits per heavy atom. The van der Waals surface area contributed by atoms with E-state index in [-0.39, 0.29) is 10.7 Å². The van der Waals surface area contributed by atoms with Gasteiger partial charge in [-0.05, 0) is 33.5 Å². The molecular formula is C13H12BrClFNO3. The summed E-state index contributed by atoms with van der Waals surface area (Å²) in [6, 6.07) is 2.25. The first-order valence-corrected chi connectivity index (χ1v) is 7.01. The van der Waals surface area contributed by atoms with E-state index in [1.807, 2.05) is 0 Å². The van der Waals surface area contributed by atoms with Crippen LogP contribution in [0.2, 0.25) is 5.02 Å². The number of rotatable bonds is 3. The predicted octanol–water partition coefficient (Wildman–Crippen LogP) is 3.54. The zero-order chi connectivity index (χ0) is 15.2. The molecule has 2 atom stereocenters. The van der Waals surface area contributed by atoms with Crippen LogP contribution < -0.4 is 5.32 Å². The van der Waals surface area contributed by atoms with Gasteiger partial charge < -0.3 is 10.4 Å². The average Bonchev–Trinajstić information content (AvgIpc) is 2.86. The minimum atomic E-state index is -1.00. The van der Waals surface area contributed by atoms with Crippen LogP contribution in [0.25, 0.3) is 0 Å². The summed E-state index contributed by atoms with van der Waals surface area (Å²) in [5, 5.41) is 11.7. The fourth-order valence-corrected chi connectivity index (χ4v) is 3.35. The van der Waals surface area contributed by atoms with Gasteiger partial charge in [0.1, 0.15) is 5.82 Å². The monoisotopic (exact) mass is 363 g/mol. The molecule has 1 amide bonds. The highest BCUT2D eigenvalue weighted by Gasteiger charge is 2.65. The Morgan fingerprint density at radius 3 is 2.45 bits per heavy atom. The van der Waals surface area contributed by atoms with Crippen LogP contribution >= 0.6 is 27.5 Å². The molecule has 1 aromatic carbocycles. The summed E-state index contributed by atoms with van der Waals surface area (Å²) in [6.07, 6.45) is 0. The molecule has 0 aromatic heterocycles. The highest BCUT2D eigenvalue weighted by molar-refractivity contribution is 9.10. The number of anilines is 1. The fourth-order valence-electron chi connectivity index (χ4n) is 2.45. The second kappa shape index (κ2) is 5.00. The van der Waals surface area contributed by atoms with Crippen LogP contribution in [0.4, 0.5) is 10.1 Å². The summed E-state index contributed by atoms with van der Waals surface area (Å²) in [6.45, 7) is 3.44. The topological polar surface area (TPSA) is 66.4 Å². The maximum absolute atomic E-state index is 13.1. The Kier molecular flexibility index (Phi) is 3.81. The first-order valence-electron chi connectivity index (χ1n) is 5.84. The lowest BCUT2D eigenvalue weighted by molar-refractivity contribution is -0.140. The predicted molar refractivity (Wildman–Crippen MR) is 76.1 cm³/mol. The zero-order valence-corrected chi connectivity index (χ0v) is 13.0. The van der Waals surface area contributed by atoms with E-state index in [0.717, 1.165) is 6.07 Å². The van der Waals surface area contributed by atoms with E-state index in [1.165, 1.54) is 6.07 Å². The SMILES string of the molecule is CC1(C)C(C(=O)O)C1C(=O)Nc1c(Cl)cc(F)cc1Br. The molecule has 0 spiro atoms. The van der Waals surface area contributed by atoms with Crippen molar-refractivity contribution in [3.05, 3.63) is 27.4 Å². The van der Waals surface area contributed by atoms with Gasteiger partial charge in [0, 0.05) is 4.47 Å². The van der Waals surface area contributed by atoms with Crippen molar-refractivity contribution in [1.82, 2.24) is 0 Å². The van der Waals surface area contributed by atoms with Gasteiger partial charge in [-0.2, -0.15) is 0 Å². The van der Waals surface area contributed by atoms with Gasteiger partial charge in [0.25, 0.3) is 0 Å². The summed E-state index contributed by atoms with van der Waals surface area (Å²) in [7, 11) is 0. The van der Waals surface area contributed by atoms with Gasteiger partial charge in [-0.1, -0.05) is 25.4 Å². The molecular weight excluding hydrogens is 353 g/mol. The maximum Gasteiger partial charge on any atom is 0.307 e. The summed E-state index contributed by atoms with van der Waals surface area (Å²) < 4.78 is 13.4. The van der Waals surface area contributed by atoms with Crippen LogP contribution in [-0.2, 0) is 9.59 Å². The molecule has 7 heteroatoms. The van der Waals surface area contributed by atoms with Gasteiger partial charge in [-0.25, -0.2) is 4.39 Å². The summed E-state index contributed by atoms with van der Waals surface area (Å²) in [5.74, 6) is -3.32. The lowest BCUT2D eigenvalue weighted by Gasteiger charge is -2.10. The Hall–Kier alpha value is -1.14. The zero-order valence-electron chi connectivity index (χ0n) is 10.7. The Bertz CT molecular complexity index is 582. The Labute approximate surface area is 128 Å². The molecule has 1 aromatic rings. The number of carbonyl (C=O) groups is 2. The standard InChI is InChI=1S/C13H12BrClFNO3/c1-13(2)8(9(13)12(19)20)11(18)17-10-6(14)3-5(16)4-7(10)15/h3-4,8-9H,1-2H3,(H,17,18)(H,19,20). The molecule has 2 rings (SSSR count). The number of carbonyl (C=O) groups excluding carboxylic acids is 1. The third-order valence-electron chi connectivity index (χ3n) is 3.63. The van der Waals surface area contributed by atoms with E-state index in [1.54, 1.807) is 13.8 Å². The Morgan fingerprint density at radius 1 is 1.40 bits per heavy atom. The van der Waals surface area contributed by atoms with E-state index in [4.69, 9.17) is 16.7 Å². The molecule has 108 valence electrons. The number of aliphatic carboxylic acids is 1. The molecule has 2 N–H and O–H groups in total. The second-order valence-corrected chi connectivity index (χ2v) is 6.61. The quantitative estimate of drug-likeness (QED) is 0.862. The number of hydrogen-bond donors (Lipinski definition) is 2. The van der Waals surface area contributed by atoms with Crippen molar-refractivity contribution in [3.8, 4) is 0 Å². The molecule has 0 saturated heterocycles. The van der Waals surface area contributed by atoms with Crippen molar-refractivity contribution in [2.75, 3.05) is 5.32 Å². The number of carboxylic acids is 1. The first kappa shape index (κ1) is 15.3. The van der Waals surface area contributed by atoms with Crippen LogP contribution in [0.5, 0.6) is 0 Å². The van der Waals surface area contributed by atoms with Gasteiger partial charge in [0.15, 0.2) is 0 Å². The third kappa shape index (κ3) is 2.54. The van der Waals surface area contributed by atoms with Crippen LogP contribution in [0.1, 0.15) is 13.8 Å². The highest BCUT2D eigenvalue weighted by Crippen LogP contribution is 2.58. The van der Waals surface area contributed by atoms with Crippen molar-refractivity contribution >= 4 is 45.1 Å². The average molecular weight is 365 g/mol. The molecule has 0 aliphatic heterocycles. The highest BCUT2D eigenvalue weighted by atomic mass is 79.9. The number of carboxylic acid groups (broad SMARTS) is 1. The van der Waals surface area contributed by atoms with Crippen LogP contribution in [0.15, 0.2) is 16.6 Å². The van der Waals surface area contributed by atoms with E-state index < -0.39 is 34.9 Å². The van der Waals surface area contributed by atoms with Crippen LogP contribution in [-0.4, -0.2) is 17.0 Å². The van der Waals surface area contributed by atoms with Gasteiger partial charge >= 0.3 is 5.97 Å². The van der Waals surface area contributed by atoms with E-state index in [9.17, 15) is 14.0 Å². The number of amides is 1. The van der Waals surface area contributed by atoms with Gasteiger partial charge in [0.2, 0.25) is 5.91 Å². The smallest absolute Gasteiger partial charge is 0.307 e. The minimum Gasteiger partial charge on any atom is -0.481 e. The van der Waals surface area contributed by atoms with Gasteiger partial charge in [0.05, 0.1) is 22.5 Å². The van der Waals surface area contributed by atoms with Crippen molar-refractivity contribution in [3.63, 3.8) is 0 Å². The van der Waals surface area contributed by atoms with Gasteiger partial charge in [-0.15, -0.1) is 0 Å². The maximum atomic E-state index is 13.1.